The molecule has 0 saturated heterocycles. The molecule has 0 aliphatic carbocycles. The summed E-state index contributed by atoms with van der Waals surface area (Å²) in [7, 11) is -15.6. The number of azo groups is 3. The maximum absolute atomic E-state index is 12.3. The van der Waals surface area contributed by atoms with Crippen molar-refractivity contribution in [3.05, 3.63) is 133 Å². The third-order valence-corrected chi connectivity index (χ3v) is 11.3. The van der Waals surface area contributed by atoms with Gasteiger partial charge in [0.2, 0.25) is 0 Å². The summed E-state index contributed by atoms with van der Waals surface area (Å²) in [5.74, 6) is -2.74. The van der Waals surface area contributed by atoms with Gasteiger partial charge in [-0.3, -0.25) is 0 Å². The van der Waals surface area contributed by atoms with E-state index in [-0.39, 0.29) is 106 Å². The Bertz CT molecular complexity index is 3350. The van der Waals surface area contributed by atoms with E-state index in [4.69, 9.17) is 0 Å². The number of anilines is 4. The molecule has 26 heteroatoms. The summed E-state index contributed by atoms with van der Waals surface area (Å²) in [6, 6.07) is 31.3. The Hall–Kier alpha value is -4.67. The molecule has 7 rings (SSSR count). The molecule has 0 aliphatic heterocycles. The summed E-state index contributed by atoms with van der Waals surface area (Å²) < 4.78 is 108. The summed E-state index contributed by atoms with van der Waals surface area (Å²) in [6.07, 6.45) is 0. The molecular formula is C40H27N8Na3O12S3. The molecule has 0 unspecified atom stereocenters. The number of hydrogen-bond acceptors (Lipinski definition) is 20. The van der Waals surface area contributed by atoms with Crippen LogP contribution in [0.4, 0.5) is 56.9 Å². The van der Waals surface area contributed by atoms with Crippen LogP contribution in [0.15, 0.2) is 179 Å². The molecule has 5 N–H and O–H groups in total. The first-order chi connectivity index (χ1) is 29.8. The van der Waals surface area contributed by atoms with Crippen LogP contribution in [0.5, 0.6) is 17.2 Å². The van der Waals surface area contributed by atoms with Gasteiger partial charge in [-0.15, -0.1) is 20.5 Å². The Morgan fingerprint density at radius 1 is 0.439 bits per heavy atom. The molecule has 0 radical (unpaired) electrons. The largest absolute Gasteiger partial charge is 1.00 e. The second kappa shape index (κ2) is 22.4. The first-order valence-electron chi connectivity index (χ1n) is 17.7. The predicted molar refractivity (Wildman–Crippen MR) is 224 cm³/mol. The van der Waals surface area contributed by atoms with Crippen molar-refractivity contribution in [2.24, 2.45) is 30.7 Å². The molecule has 7 aromatic rings. The SMILES string of the molecule is O=S(=O)([O-])c1cc(O)c2c(N=Nc3c(O)c(N=Nc4ccc(Nc5ccccc5)cc4)cc(N=Nc4ccc(Nc5ccccc5)c(S(=O)(=O)[O-])c4)c3O)cc(S(=O)(=O)[O-])cc2c1.[Na+].[Na+].[Na+]. The summed E-state index contributed by atoms with van der Waals surface area (Å²) in [5.41, 5.74) is -0.325. The van der Waals surface area contributed by atoms with Gasteiger partial charge in [0.05, 0.1) is 42.8 Å². The number of rotatable bonds is 13. The van der Waals surface area contributed by atoms with E-state index in [1.807, 2.05) is 30.3 Å². The molecule has 0 saturated carbocycles. The Balaban J connectivity index is 0.00000317. The second-order valence-electron chi connectivity index (χ2n) is 13.1. The van der Waals surface area contributed by atoms with Gasteiger partial charge in [0.15, 0.2) is 17.2 Å². The van der Waals surface area contributed by atoms with Crippen LogP contribution in [0.1, 0.15) is 0 Å². The molecule has 320 valence electrons. The number of fused-ring (bicyclic) bond motifs is 1. The molecule has 0 atom stereocenters. The zero-order valence-electron chi connectivity index (χ0n) is 34.6. The first-order valence-corrected chi connectivity index (χ1v) is 22.0. The summed E-state index contributed by atoms with van der Waals surface area (Å²) in [4.78, 5) is -2.64. The van der Waals surface area contributed by atoms with Gasteiger partial charge in [0, 0.05) is 23.1 Å². The molecule has 66 heavy (non-hydrogen) atoms. The summed E-state index contributed by atoms with van der Waals surface area (Å²) in [6.45, 7) is 0. The number of benzene rings is 7. The van der Waals surface area contributed by atoms with Crippen molar-refractivity contribution in [2.75, 3.05) is 10.6 Å². The van der Waals surface area contributed by atoms with E-state index >= 15 is 0 Å². The van der Waals surface area contributed by atoms with E-state index < -0.39 is 95.8 Å². The smallest absolute Gasteiger partial charge is 0.744 e. The summed E-state index contributed by atoms with van der Waals surface area (Å²) >= 11 is 0. The van der Waals surface area contributed by atoms with Gasteiger partial charge >= 0.3 is 88.7 Å². The van der Waals surface area contributed by atoms with Gasteiger partial charge in [-0.25, -0.2) is 25.3 Å². The number of nitrogens with one attached hydrogen (secondary N) is 2. The van der Waals surface area contributed by atoms with Gasteiger partial charge in [-0.1, -0.05) is 36.4 Å². The van der Waals surface area contributed by atoms with Gasteiger partial charge in [0.1, 0.15) is 47.5 Å². The van der Waals surface area contributed by atoms with E-state index in [9.17, 15) is 54.2 Å². The topological polar surface area (TPSA) is 331 Å². The minimum atomic E-state index is -5.29. The number of aromatic hydroxyl groups is 3. The van der Waals surface area contributed by atoms with E-state index in [1.165, 1.54) is 12.1 Å². The average molecular weight is 977 g/mol. The van der Waals surface area contributed by atoms with E-state index in [0.717, 1.165) is 17.8 Å². The molecule has 0 bridgehead atoms. The maximum atomic E-state index is 12.3. The van der Waals surface area contributed by atoms with Crippen molar-refractivity contribution in [3.63, 3.8) is 0 Å². The van der Waals surface area contributed by atoms with Crippen LogP contribution < -0.4 is 99.3 Å². The normalized spacial score (nSPS) is 11.9. The van der Waals surface area contributed by atoms with Crippen molar-refractivity contribution in [1.82, 2.24) is 0 Å². The molecule has 20 nitrogen and oxygen atoms in total. The second-order valence-corrected chi connectivity index (χ2v) is 17.2. The van der Waals surface area contributed by atoms with Crippen LogP contribution >= 0.6 is 0 Å². The fourth-order valence-corrected chi connectivity index (χ4v) is 7.55. The number of phenolic OH excluding ortho intramolecular Hbond substituents is 3. The van der Waals surface area contributed by atoms with Gasteiger partial charge < -0.3 is 39.6 Å². The van der Waals surface area contributed by atoms with Gasteiger partial charge in [-0.2, -0.15) is 10.2 Å². The van der Waals surface area contributed by atoms with Crippen molar-refractivity contribution >= 4 is 98.0 Å². The van der Waals surface area contributed by atoms with Crippen molar-refractivity contribution in [2.45, 2.75) is 14.7 Å². The average Bonchev–Trinajstić information content (AvgIpc) is 3.23. The number of phenols is 3. The minimum Gasteiger partial charge on any atom is -0.744 e. The molecule has 7 aromatic carbocycles. The van der Waals surface area contributed by atoms with E-state index in [0.29, 0.717) is 35.6 Å². The monoisotopic (exact) mass is 976 g/mol. The van der Waals surface area contributed by atoms with Crippen LogP contribution in [0.25, 0.3) is 10.8 Å². The number of hydrogen-bond donors (Lipinski definition) is 5. The van der Waals surface area contributed by atoms with Crippen LogP contribution in [0.3, 0.4) is 0 Å². The fourth-order valence-electron chi connectivity index (χ4n) is 5.84. The van der Waals surface area contributed by atoms with E-state index in [1.54, 1.807) is 54.6 Å². The van der Waals surface area contributed by atoms with Crippen molar-refractivity contribution < 1.29 is 143 Å². The van der Waals surface area contributed by atoms with Gasteiger partial charge in [-0.05, 0) is 96.4 Å². The van der Waals surface area contributed by atoms with E-state index in [2.05, 4.69) is 41.3 Å². The Labute approximate surface area is 442 Å². The fraction of sp³-hybridized carbons (Fsp3) is 0. The number of nitrogens with zero attached hydrogens (tertiary/aromatic N) is 6. The third-order valence-electron chi connectivity index (χ3n) is 8.76. The minimum absolute atomic E-state index is 0. The predicted octanol–water partition coefficient (Wildman–Crippen LogP) is 0.414. The Kier molecular flexibility index (Phi) is 18.3. The van der Waals surface area contributed by atoms with Crippen molar-refractivity contribution in [3.8, 4) is 17.2 Å². The Morgan fingerprint density at radius 2 is 0.909 bits per heavy atom. The van der Waals surface area contributed by atoms with Crippen LogP contribution in [0.2, 0.25) is 0 Å². The van der Waals surface area contributed by atoms with Gasteiger partial charge in [0.25, 0.3) is 0 Å². The Morgan fingerprint density at radius 3 is 1.44 bits per heavy atom. The molecule has 0 spiro atoms. The first kappa shape index (κ1) is 53.9. The van der Waals surface area contributed by atoms with Crippen LogP contribution in [0, 0.1) is 0 Å². The van der Waals surface area contributed by atoms with Crippen molar-refractivity contribution in [1.29, 1.82) is 0 Å². The molecule has 0 aromatic heterocycles. The number of para-hydroxylation sites is 2. The zero-order valence-corrected chi connectivity index (χ0v) is 43.1. The summed E-state index contributed by atoms with van der Waals surface area (Å²) in [5, 5.41) is 62.5. The van der Waals surface area contributed by atoms with Crippen LogP contribution in [-0.2, 0) is 30.4 Å². The molecule has 0 aliphatic rings. The van der Waals surface area contributed by atoms with Crippen LogP contribution in [-0.4, -0.2) is 54.2 Å². The third kappa shape index (κ3) is 13.3. The maximum Gasteiger partial charge on any atom is 1.00 e. The molecular weight excluding hydrogens is 950 g/mol. The quantitative estimate of drug-likeness (QED) is 0.0594. The molecule has 0 fully saturated rings. The zero-order chi connectivity index (χ0) is 45.1. The molecule has 0 heterocycles. The standard InChI is InChI=1S/C40H30N8O12S3.3Na/c49-35-21-30(62(55,56)57)18-23-17-29(61(52,53)54)20-32(37(23)35)45-48-38-39(50)33(46-43-27-13-11-26(12-14-27)41-24-7-3-1-4-8-24)22-34(40(38)51)47-44-28-15-16-31(36(19-28)63(58,59)60)42-25-9-5-2-6-10-25;;;/h1-22,41-42,49-51H,(H,52,53,54)(H,55,56,57)(H,58,59,60);;;/q;3*+1/p-3. The molecule has 0 amide bonds.